The molecule has 3 aromatic carbocycles. The predicted molar refractivity (Wildman–Crippen MR) is 115 cm³/mol. The third kappa shape index (κ3) is 4.30. The number of para-hydroxylation sites is 4. The SMILES string of the molecule is COc1ccc(-c2nc3ccccc3[nH]2)cc1NC(=O)COc1ccccc1[N+](=O)[O-]. The Hall–Kier alpha value is -4.40. The number of hydrogen-bond donors (Lipinski definition) is 2. The number of nitro benzene ring substituents is 1. The summed E-state index contributed by atoms with van der Waals surface area (Å²) in [5.74, 6) is 0.637. The number of imidazole rings is 1. The van der Waals surface area contributed by atoms with Crippen molar-refractivity contribution in [2.24, 2.45) is 0 Å². The monoisotopic (exact) mass is 418 g/mol. The fourth-order valence-corrected chi connectivity index (χ4v) is 3.10. The number of carbonyl (C=O) groups excluding carboxylic acids is 1. The lowest BCUT2D eigenvalue weighted by Crippen LogP contribution is -2.20. The molecule has 31 heavy (non-hydrogen) atoms. The summed E-state index contributed by atoms with van der Waals surface area (Å²) in [7, 11) is 1.50. The van der Waals surface area contributed by atoms with Crippen LogP contribution >= 0.6 is 0 Å². The minimum absolute atomic E-state index is 0.0191. The zero-order valence-corrected chi connectivity index (χ0v) is 16.5. The molecule has 156 valence electrons. The largest absolute Gasteiger partial charge is 0.495 e. The molecule has 0 radical (unpaired) electrons. The number of carbonyl (C=O) groups is 1. The second-order valence-electron chi connectivity index (χ2n) is 6.58. The van der Waals surface area contributed by atoms with Crippen LogP contribution in [0.3, 0.4) is 0 Å². The van der Waals surface area contributed by atoms with Crippen LogP contribution in [0.4, 0.5) is 11.4 Å². The molecule has 0 fully saturated rings. The number of nitrogens with one attached hydrogen (secondary N) is 2. The molecule has 0 atom stereocenters. The Kier molecular flexibility index (Phi) is 5.48. The first kappa shape index (κ1) is 19.9. The number of benzene rings is 3. The first-order valence-corrected chi connectivity index (χ1v) is 9.34. The summed E-state index contributed by atoms with van der Waals surface area (Å²) in [6, 6.07) is 18.8. The lowest BCUT2D eigenvalue weighted by Gasteiger charge is -2.12. The van der Waals surface area contributed by atoms with E-state index in [2.05, 4.69) is 15.3 Å². The number of hydrogen-bond acceptors (Lipinski definition) is 6. The minimum Gasteiger partial charge on any atom is -0.495 e. The first-order chi connectivity index (χ1) is 15.0. The Morgan fingerprint density at radius 1 is 1.10 bits per heavy atom. The van der Waals surface area contributed by atoms with Crippen molar-refractivity contribution in [2.75, 3.05) is 19.0 Å². The van der Waals surface area contributed by atoms with Crippen LogP contribution in [-0.4, -0.2) is 34.5 Å². The van der Waals surface area contributed by atoms with Crippen molar-refractivity contribution in [1.29, 1.82) is 0 Å². The molecule has 0 aliphatic carbocycles. The summed E-state index contributed by atoms with van der Waals surface area (Å²) in [4.78, 5) is 30.8. The minimum atomic E-state index is -0.562. The molecule has 0 saturated heterocycles. The molecule has 0 unspecified atom stereocenters. The van der Waals surface area contributed by atoms with Gasteiger partial charge >= 0.3 is 5.69 Å². The molecule has 1 amide bonds. The normalized spacial score (nSPS) is 10.6. The van der Waals surface area contributed by atoms with Crippen LogP contribution in [0.15, 0.2) is 66.7 Å². The highest BCUT2D eigenvalue weighted by molar-refractivity contribution is 5.94. The van der Waals surface area contributed by atoms with Gasteiger partial charge in [-0.3, -0.25) is 14.9 Å². The molecule has 0 spiro atoms. The molecule has 1 heterocycles. The second-order valence-corrected chi connectivity index (χ2v) is 6.58. The summed E-state index contributed by atoms with van der Waals surface area (Å²) >= 11 is 0. The molecule has 4 rings (SSSR count). The van der Waals surface area contributed by atoms with Gasteiger partial charge in [-0.2, -0.15) is 0 Å². The van der Waals surface area contributed by atoms with Gasteiger partial charge in [-0.15, -0.1) is 0 Å². The van der Waals surface area contributed by atoms with E-state index in [4.69, 9.17) is 9.47 Å². The van der Waals surface area contributed by atoms with E-state index in [0.29, 0.717) is 17.3 Å². The number of aromatic nitrogens is 2. The van der Waals surface area contributed by atoms with Gasteiger partial charge in [0.15, 0.2) is 12.4 Å². The molecule has 0 saturated carbocycles. The highest BCUT2D eigenvalue weighted by Gasteiger charge is 2.16. The molecular weight excluding hydrogens is 400 g/mol. The molecule has 0 aliphatic rings. The van der Waals surface area contributed by atoms with Crippen LogP contribution in [0.5, 0.6) is 11.5 Å². The number of amides is 1. The van der Waals surface area contributed by atoms with E-state index >= 15 is 0 Å². The number of rotatable bonds is 7. The number of nitrogens with zero attached hydrogens (tertiary/aromatic N) is 2. The third-order valence-corrected chi connectivity index (χ3v) is 4.56. The first-order valence-electron chi connectivity index (χ1n) is 9.34. The van der Waals surface area contributed by atoms with Gasteiger partial charge in [0.1, 0.15) is 11.6 Å². The molecule has 1 aromatic heterocycles. The quantitative estimate of drug-likeness (QED) is 0.343. The summed E-state index contributed by atoms with van der Waals surface area (Å²) in [5.41, 5.74) is 2.71. The van der Waals surface area contributed by atoms with Gasteiger partial charge < -0.3 is 19.8 Å². The Labute approximate surface area is 176 Å². The second kappa shape index (κ2) is 8.54. The average molecular weight is 418 g/mol. The Balaban J connectivity index is 1.53. The lowest BCUT2D eigenvalue weighted by molar-refractivity contribution is -0.385. The number of aromatic amines is 1. The highest BCUT2D eigenvalue weighted by atomic mass is 16.6. The lowest BCUT2D eigenvalue weighted by atomic mass is 10.1. The average Bonchev–Trinajstić information content (AvgIpc) is 3.22. The third-order valence-electron chi connectivity index (χ3n) is 4.56. The molecule has 0 aliphatic heterocycles. The van der Waals surface area contributed by atoms with Crippen LogP contribution in [0.2, 0.25) is 0 Å². The number of fused-ring (bicyclic) bond motifs is 1. The Morgan fingerprint density at radius 3 is 2.65 bits per heavy atom. The van der Waals surface area contributed by atoms with Crippen molar-refractivity contribution in [2.45, 2.75) is 0 Å². The highest BCUT2D eigenvalue weighted by Crippen LogP contribution is 2.31. The van der Waals surface area contributed by atoms with Crippen LogP contribution in [-0.2, 0) is 4.79 Å². The van der Waals surface area contributed by atoms with Gasteiger partial charge in [0.05, 0.1) is 28.8 Å². The molecule has 0 bridgehead atoms. The Bertz CT molecular complexity index is 1230. The van der Waals surface area contributed by atoms with Crippen molar-refractivity contribution in [3.05, 3.63) is 76.8 Å². The van der Waals surface area contributed by atoms with Crippen LogP contribution in [0, 0.1) is 10.1 Å². The van der Waals surface area contributed by atoms with Gasteiger partial charge in [0.25, 0.3) is 5.91 Å². The van der Waals surface area contributed by atoms with Crippen LogP contribution < -0.4 is 14.8 Å². The predicted octanol–water partition coefficient (Wildman–Crippen LogP) is 4.16. The van der Waals surface area contributed by atoms with Crippen LogP contribution in [0.1, 0.15) is 0 Å². The van der Waals surface area contributed by atoms with Crippen molar-refractivity contribution in [3.63, 3.8) is 0 Å². The summed E-state index contributed by atoms with van der Waals surface area (Å²) < 4.78 is 10.7. The molecule has 2 N–H and O–H groups in total. The van der Waals surface area contributed by atoms with Crippen LogP contribution in [0.25, 0.3) is 22.4 Å². The van der Waals surface area contributed by atoms with Gasteiger partial charge in [-0.05, 0) is 36.4 Å². The van der Waals surface area contributed by atoms with E-state index in [1.165, 1.54) is 25.3 Å². The number of ether oxygens (including phenoxy) is 2. The smallest absolute Gasteiger partial charge is 0.310 e. The fourth-order valence-electron chi connectivity index (χ4n) is 3.10. The van der Waals surface area contributed by atoms with E-state index in [9.17, 15) is 14.9 Å². The van der Waals surface area contributed by atoms with E-state index in [1.807, 2.05) is 30.3 Å². The maximum Gasteiger partial charge on any atom is 0.310 e. The fraction of sp³-hybridized carbons (Fsp3) is 0.0909. The summed E-state index contributed by atoms with van der Waals surface area (Å²) in [6.07, 6.45) is 0. The standard InChI is InChI=1S/C22H18N4O5/c1-30-19-11-10-14(22-24-15-6-2-3-7-16(15)25-22)12-17(19)23-21(27)13-31-20-9-5-4-8-18(20)26(28)29/h2-12H,13H2,1H3,(H,23,27)(H,24,25). The van der Waals surface area contributed by atoms with Gasteiger partial charge in [-0.25, -0.2) is 4.98 Å². The van der Waals surface area contributed by atoms with E-state index < -0.39 is 17.4 Å². The van der Waals surface area contributed by atoms with Gasteiger partial charge in [-0.1, -0.05) is 24.3 Å². The molecular formula is C22H18N4O5. The summed E-state index contributed by atoms with van der Waals surface area (Å²) in [6.45, 7) is -0.400. The number of H-pyrrole nitrogens is 1. The number of nitro groups is 1. The molecule has 4 aromatic rings. The van der Waals surface area contributed by atoms with Crippen molar-refractivity contribution in [1.82, 2.24) is 9.97 Å². The van der Waals surface area contributed by atoms with Crippen molar-refractivity contribution in [3.8, 4) is 22.9 Å². The number of methoxy groups -OCH3 is 1. The Morgan fingerprint density at radius 2 is 1.87 bits per heavy atom. The summed E-state index contributed by atoms with van der Waals surface area (Å²) in [5, 5.41) is 13.8. The zero-order chi connectivity index (χ0) is 21.8. The van der Waals surface area contributed by atoms with Crippen molar-refractivity contribution < 1.29 is 19.2 Å². The van der Waals surface area contributed by atoms with E-state index in [1.54, 1.807) is 18.2 Å². The van der Waals surface area contributed by atoms with Crippen molar-refractivity contribution >= 4 is 28.3 Å². The van der Waals surface area contributed by atoms with E-state index in [-0.39, 0.29) is 11.4 Å². The maximum atomic E-state index is 12.4. The zero-order valence-electron chi connectivity index (χ0n) is 16.5. The van der Waals surface area contributed by atoms with E-state index in [0.717, 1.165) is 16.6 Å². The topological polar surface area (TPSA) is 119 Å². The maximum absolute atomic E-state index is 12.4. The van der Waals surface area contributed by atoms with Gasteiger partial charge in [0.2, 0.25) is 0 Å². The molecule has 9 heteroatoms. The van der Waals surface area contributed by atoms with Gasteiger partial charge in [0, 0.05) is 11.6 Å². The number of anilines is 1. The molecule has 9 nitrogen and oxygen atoms in total.